The van der Waals surface area contributed by atoms with Gasteiger partial charge in [0.15, 0.2) is 0 Å². The molecule has 17 heavy (non-hydrogen) atoms. The number of hydrogen-bond donors (Lipinski definition) is 2. The van der Waals surface area contributed by atoms with Crippen LogP contribution < -0.4 is 11.3 Å². The summed E-state index contributed by atoms with van der Waals surface area (Å²) in [5, 5.41) is 0. The second-order valence-electron chi connectivity index (χ2n) is 3.81. The number of primary amides is 1. The Hall–Kier alpha value is -2.56. The van der Waals surface area contributed by atoms with E-state index in [4.69, 9.17) is 5.73 Å². The molecular weight excluding hydrogens is 218 g/mol. The monoisotopic (exact) mass is 227 g/mol. The van der Waals surface area contributed by atoms with Crippen molar-refractivity contribution in [3.63, 3.8) is 0 Å². The van der Waals surface area contributed by atoms with Gasteiger partial charge in [-0.3, -0.25) is 9.59 Å². The highest BCUT2D eigenvalue weighted by Crippen LogP contribution is 2.14. The van der Waals surface area contributed by atoms with E-state index in [0.717, 1.165) is 5.52 Å². The molecule has 0 atom stereocenters. The lowest BCUT2D eigenvalue weighted by molar-refractivity contribution is 0.100. The van der Waals surface area contributed by atoms with Crippen molar-refractivity contribution < 1.29 is 4.79 Å². The van der Waals surface area contributed by atoms with Crippen LogP contribution in [0.5, 0.6) is 0 Å². The third-order valence-corrected chi connectivity index (χ3v) is 2.77. The molecule has 0 spiro atoms. The number of rotatable bonds is 1. The van der Waals surface area contributed by atoms with E-state index in [1.54, 1.807) is 40.9 Å². The molecule has 2 heterocycles. The van der Waals surface area contributed by atoms with Gasteiger partial charge in [0.25, 0.3) is 5.56 Å². The molecule has 3 N–H and O–H groups in total. The Labute approximate surface area is 95.5 Å². The number of fused-ring (bicyclic) bond motifs is 3. The first-order valence-electron chi connectivity index (χ1n) is 5.10. The van der Waals surface area contributed by atoms with Crippen LogP contribution in [0, 0.1) is 0 Å². The molecule has 3 aromatic rings. The van der Waals surface area contributed by atoms with Crippen LogP contribution in [0.2, 0.25) is 0 Å². The number of nitrogens with one attached hydrogen (secondary N) is 1. The smallest absolute Gasteiger partial charge is 0.272 e. The summed E-state index contributed by atoms with van der Waals surface area (Å²) in [5.41, 5.74) is 7.38. The van der Waals surface area contributed by atoms with Gasteiger partial charge in [0.05, 0.1) is 11.0 Å². The standard InChI is InChI=1S/C12H9N3O2/c13-11(16)7-3-4-9-8(6-7)14-12(17)10-2-1-5-15(9)10/h1-6H,(H2,13,16)(H,14,17). The second-order valence-corrected chi connectivity index (χ2v) is 3.81. The van der Waals surface area contributed by atoms with Gasteiger partial charge in [-0.1, -0.05) is 0 Å². The van der Waals surface area contributed by atoms with Gasteiger partial charge >= 0.3 is 0 Å². The molecule has 2 aromatic heterocycles. The second kappa shape index (κ2) is 3.21. The van der Waals surface area contributed by atoms with E-state index in [0.29, 0.717) is 16.6 Å². The molecule has 0 unspecified atom stereocenters. The molecule has 5 nitrogen and oxygen atoms in total. The van der Waals surface area contributed by atoms with Crippen molar-refractivity contribution in [1.29, 1.82) is 0 Å². The van der Waals surface area contributed by atoms with E-state index in [-0.39, 0.29) is 5.56 Å². The van der Waals surface area contributed by atoms with Crippen molar-refractivity contribution in [3.8, 4) is 0 Å². The summed E-state index contributed by atoms with van der Waals surface area (Å²) in [4.78, 5) is 25.5. The fraction of sp³-hybridized carbons (Fsp3) is 0. The van der Waals surface area contributed by atoms with Gasteiger partial charge in [-0.15, -0.1) is 0 Å². The minimum Gasteiger partial charge on any atom is -0.366 e. The summed E-state index contributed by atoms with van der Waals surface area (Å²) < 4.78 is 1.78. The van der Waals surface area contributed by atoms with Crippen LogP contribution >= 0.6 is 0 Å². The Kier molecular flexibility index (Phi) is 1.82. The normalized spacial score (nSPS) is 11.1. The summed E-state index contributed by atoms with van der Waals surface area (Å²) >= 11 is 0. The molecule has 5 heteroatoms. The molecule has 1 aromatic carbocycles. The van der Waals surface area contributed by atoms with E-state index in [2.05, 4.69) is 4.98 Å². The lowest BCUT2D eigenvalue weighted by Gasteiger charge is -2.03. The van der Waals surface area contributed by atoms with Crippen molar-refractivity contribution in [3.05, 3.63) is 52.4 Å². The van der Waals surface area contributed by atoms with Crippen molar-refractivity contribution in [2.45, 2.75) is 0 Å². The van der Waals surface area contributed by atoms with E-state index < -0.39 is 5.91 Å². The van der Waals surface area contributed by atoms with Gasteiger partial charge in [0, 0.05) is 11.8 Å². The van der Waals surface area contributed by atoms with Crippen molar-refractivity contribution in [2.24, 2.45) is 5.73 Å². The van der Waals surface area contributed by atoms with Crippen molar-refractivity contribution in [2.75, 3.05) is 0 Å². The molecule has 0 aliphatic heterocycles. The van der Waals surface area contributed by atoms with Gasteiger partial charge in [-0.25, -0.2) is 0 Å². The minimum absolute atomic E-state index is 0.191. The average Bonchev–Trinajstić information content (AvgIpc) is 2.78. The number of H-pyrrole nitrogens is 1. The van der Waals surface area contributed by atoms with Gasteiger partial charge in [-0.05, 0) is 30.3 Å². The molecule has 0 fully saturated rings. The van der Waals surface area contributed by atoms with E-state index in [9.17, 15) is 9.59 Å². The number of carbonyl (C=O) groups excluding carboxylic acids is 1. The Morgan fingerprint density at radius 2 is 2.06 bits per heavy atom. The topological polar surface area (TPSA) is 80.4 Å². The number of amides is 1. The van der Waals surface area contributed by atoms with E-state index in [1.807, 2.05) is 0 Å². The Bertz CT molecular complexity index is 798. The van der Waals surface area contributed by atoms with Gasteiger partial charge in [-0.2, -0.15) is 0 Å². The molecule has 1 amide bonds. The lowest BCUT2D eigenvalue weighted by atomic mass is 10.2. The number of nitrogens with two attached hydrogens (primary N) is 1. The summed E-state index contributed by atoms with van der Waals surface area (Å²) in [6, 6.07) is 8.52. The minimum atomic E-state index is -0.514. The molecule has 3 rings (SSSR count). The summed E-state index contributed by atoms with van der Waals surface area (Å²) in [5.74, 6) is -0.514. The fourth-order valence-corrected chi connectivity index (χ4v) is 1.96. The van der Waals surface area contributed by atoms with Crippen molar-refractivity contribution in [1.82, 2.24) is 9.38 Å². The first kappa shape index (κ1) is 9.65. The van der Waals surface area contributed by atoms with E-state index in [1.165, 1.54) is 0 Å². The zero-order chi connectivity index (χ0) is 12.0. The molecule has 0 radical (unpaired) electrons. The van der Waals surface area contributed by atoms with Crippen LogP contribution in [0.1, 0.15) is 10.4 Å². The Morgan fingerprint density at radius 3 is 2.82 bits per heavy atom. The molecule has 84 valence electrons. The number of nitrogens with zero attached hydrogens (tertiary/aromatic N) is 1. The molecular formula is C12H9N3O2. The quantitative estimate of drug-likeness (QED) is 0.647. The highest BCUT2D eigenvalue weighted by atomic mass is 16.1. The average molecular weight is 227 g/mol. The molecule has 0 saturated heterocycles. The third kappa shape index (κ3) is 1.32. The molecule has 0 bridgehead atoms. The molecule has 0 aliphatic carbocycles. The van der Waals surface area contributed by atoms with Gasteiger partial charge in [0.1, 0.15) is 5.52 Å². The summed E-state index contributed by atoms with van der Waals surface area (Å²) in [6.45, 7) is 0. The van der Waals surface area contributed by atoms with Crippen LogP contribution in [0.15, 0.2) is 41.3 Å². The SMILES string of the molecule is NC(=O)c1ccc2c(c1)[nH]c(=O)c1cccn12. The number of aromatic nitrogens is 2. The maximum atomic E-state index is 11.7. The maximum absolute atomic E-state index is 11.7. The van der Waals surface area contributed by atoms with Crippen LogP contribution in [0.25, 0.3) is 16.6 Å². The van der Waals surface area contributed by atoms with Crippen molar-refractivity contribution >= 4 is 22.5 Å². The van der Waals surface area contributed by atoms with Crippen LogP contribution in [-0.2, 0) is 0 Å². The number of hydrogen-bond acceptors (Lipinski definition) is 2. The largest absolute Gasteiger partial charge is 0.366 e. The third-order valence-electron chi connectivity index (χ3n) is 2.77. The van der Waals surface area contributed by atoms with E-state index >= 15 is 0 Å². The number of carbonyl (C=O) groups is 1. The molecule has 0 aliphatic rings. The highest BCUT2D eigenvalue weighted by molar-refractivity contribution is 5.96. The van der Waals surface area contributed by atoms with Crippen LogP contribution in [-0.4, -0.2) is 15.3 Å². The lowest BCUT2D eigenvalue weighted by Crippen LogP contribution is -2.13. The zero-order valence-electron chi connectivity index (χ0n) is 8.81. The number of aromatic amines is 1. The fourth-order valence-electron chi connectivity index (χ4n) is 1.96. The molecule has 0 saturated carbocycles. The maximum Gasteiger partial charge on any atom is 0.272 e. The first-order valence-corrected chi connectivity index (χ1v) is 5.10. The Morgan fingerprint density at radius 1 is 1.24 bits per heavy atom. The van der Waals surface area contributed by atoms with Gasteiger partial charge < -0.3 is 15.1 Å². The zero-order valence-corrected chi connectivity index (χ0v) is 8.81. The predicted molar refractivity (Wildman–Crippen MR) is 64.0 cm³/mol. The number of benzene rings is 1. The summed E-state index contributed by atoms with van der Waals surface area (Å²) in [7, 11) is 0. The summed E-state index contributed by atoms with van der Waals surface area (Å²) in [6.07, 6.45) is 1.80. The predicted octanol–water partition coefficient (Wildman–Crippen LogP) is 0.880. The highest BCUT2D eigenvalue weighted by Gasteiger charge is 2.06. The van der Waals surface area contributed by atoms with Crippen LogP contribution in [0.3, 0.4) is 0 Å². The first-order chi connectivity index (χ1) is 8.16. The van der Waals surface area contributed by atoms with Gasteiger partial charge in [0.2, 0.25) is 5.91 Å². The van der Waals surface area contributed by atoms with Crippen LogP contribution in [0.4, 0.5) is 0 Å². The Balaban J connectivity index is 2.50.